The fourth-order valence-electron chi connectivity index (χ4n) is 6.68. The lowest BCUT2D eigenvalue weighted by Gasteiger charge is -2.45. The summed E-state index contributed by atoms with van der Waals surface area (Å²) in [5, 5.41) is 0. The molecule has 4 aliphatic rings. The minimum Gasteiger partial charge on any atom is -0.171 e. The van der Waals surface area contributed by atoms with E-state index in [1.807, 2.05) is 0 Å². The van der Waals surface area contributed by atoms with Gasteiger partial charge in [0.15, 0.2) is 0 Å². The molecule has 0 nitrogen and oxygen atoms in total. The van der Waals surface area contributed by atoms with Gasteiger partial charge in [0.25, 0.3) is 0 Å². The summed E-state index contributed by atoms with van der Waals surface area (Å²) < 4.78 is 40.2. The molecule has 0 aromatic heterocycles. The normalized spacial score (nSPS) is 61.5. The van der Waals surface area contributed by atoms with Crippen molar-refractivity contribution in [3.8, 4) is 0 Å². The lowest BCUT2D eigenvalue weighted by atomic mass is 9.61. The Morgan fingerprint density at radius 2 is 1.67 bits per heavy atom. The number of fused-ring (bicyclic) bond motifs is 9. The summed E-state index contributed by atoms with van der Waals surface area (Å²) in [6.07, 6.45) is -0.227. The van der Waals surface area contributed by atoms with Crippen LogP contribution in [-0.2, 0) is 0 Å². The van der Waals surface area contributed by atoms with Crippen molar-refractivity contribution in [2.75, 3.05) is 0 Å². The molecule has 102 valence electrons. The third-order valence-electron chi connectivity index (χ3n) is 7.34. The summed E-state index contributed by atoms with van der Waals surface area (Å²) in [7, 11) is 0. The van der Waals surface area contributed by atoms with Crippen LogP contribution < -0.4 is 0 Å². The fraction of sp³-hybridized carbons (Fsp3) is 1.00. The average Bonchev–Trinajstić information content (AvgIpc) is 2.95. The van der Waals surface area contributed by atoms with Gasteiger partial charge in [-0.25, -0.2) is 0 Å². The zero-order chi connectivity index (χ0) is 12.9. The Morgan fingerprint density at radius 1 is 1.06 bits per heavy atom. The van der Waals surface area contributed by atoms with Crippen molar-refractivity contribution in [3.63, 3.8) is 0 Å². The van der Waals surface area contributed by atoms with Crippen molar-refractivity contribution in [1.82, 2.24) is 0 Å². The molecule has 0 heterocycles. The predicted octanol–water partition coefficient (Wildman–Crippen LogP) is 4.50. The number of rotatable bonds is 0. The van der Waals surface area contributed by atoms with Crippen molar-refractivity contribution in [3.05, 3.63) is 0 Å². The largest absolute Gasteiger partial charge is 0.394 e. The molecule has 4 fully saturated rings. The minimum atomic E-state index is -4.00. The molecule has 0 N–H and O–H groups in total. The smallest absolute Gasteiger partial charge is 0.171 e. The van der Waals surface area contributed by atoms with Crippen LogP contribution in [0.4, 0.5) is 13.2 Å². The van der Waals surface area contributed by atoms with E-state index < -0.39 is 11.6 Å². The van der Waals surface area contributed by atoms with Crippen LogP contribution in [0.15, 0.2) is 0 Å². The summed E-state index contributed by atoms with van der Waals surface area (Å²) in [6, 6.07) is 0. The molecule has 0 aromatic rings. The molecule has 0 aromatic carbocycles. The monoisotopic (exact) mass is 258 g/mol. The molecule has 0 amide bonds. The Labute approximate surface area is 106 Å². The molecule has 0 saturated heterocycles. The second-order valence-corrected chi connectivity index (χ2v) is 7.64. The van der Waals surface area contributed by atoms with Gasteiger partial charge < -0.3 is 0 Å². The molecule has 0 radical (unpaired) electrons. The SMILES string of the molecule is CC1C2CCC1C1C2C2CC1C(C)(C(F)(F)F)C2. The van der Waals surface area contributed by atoms with Crippen molar-refractivity contribution in [2.45, 2.75) is 45.7 Å². The lowest BCUT2D eigenvalue weighted by molar-refractivity contribution is -0.245. The highest BCUT2D eigenvalue weighted by Gasteiger charge is 2.72. The Morgan fingerprint density at radius 3 is 2.28 bits per heavy atom. The minimum absolute atomic E-state index is 0.0646. The van der Waals surface area contributed by atoms with Crippen LogP contribution in [0, 0.1) is 46.8 Å². The molecular weight excluding hydrogens is 237 g/mol. The Bertz CT molecular complexity index is 388. The first-order chi connectivity index (χ1) is 8.34. The standard InChI is InChI=1S/C15H21F3/c1-7-9-3-4-10(7)13-11-5-8(12(9)13)6-14(11,2)15(16,17)18/h7-13H,3-6H2,1-2H3. The zero-order valence-corrected chi connectivity index (χ0v) is 11.0. The lowest BCUT2D eigenvalue weighted by Crippen LogP contribution is -2.46. The Kier molecular flexibility index (Phi) is 1.99. The number of hydrogen-bond donors (Lipinski definition) is 0. The second-order valence-electron chi connectivity index (χ2n) is 7.64. The third-order valence-corrected chi connectivity index (χ3v) is 7.34. The van der Waals surface area contributed by atoms with E-state index in [0.29, 0.717) is 36.0 Å². The molecule has 0 spiro atoms. The van der Waals surface area contributed by atoms with Gasteiger partial charge in [-0.2, -0.15) is 13.2 Å². The van der Waals surface area contributed by atoms with E-state index in [1.165, 1.54) is 19.8 Å². The maximum Gasteiger partial charge on any atom is 0.394 e. The molecule has 4 saturated carbocycles. The fourth-order valence-corrected chi connectivity index (χ4v) is 6.68. The number of halogens is 3. The maximum absolute atomic E-state index is 13.4. The summed E-state index contributed by atoms with van der Waals surface area (Å²) in [6.45, 7) is 3.80. The van der Waals surface area contributed by atoms with Gasteiger partial charge in [-0.3, -0.25) is 0 Å². The third kappa shape index (κ3) is 1.07. The van der Waals surface area contributed by atoms with E-state index in [2.05, 4.69) is 6.92 Å². The first-order valence-electron chi connectivity index (χ1n) is 7.41. The van der Waals surface area contributed by atoms with Crippen LogP contribution in [0.2, 0.25) is 0 Å². The van der Waals surface area contributed by atoms with E-state index in [4.69, 9.17) is 0 Å². The van der Waals surface area contributed by atoms with E-state index in [-0.39, 0.29) is 5.92 Å². The van der Waals surface area contributed by atoms with Gasteiger partial charge in [-0.15, -0.1) is 0 Å². The predicted molar refractivity (Wildman–Crippen MR) is 62.7 cm³/mol. The van der Waals surface area contributed by atoms with E-state index in [9.17, 15) is 13.2 Å². The summed E-state index contributed by atoms with van der Waals surface area (Å²) in [5.41, 5.74) is -1.37. The van der Waals surface area contributed by atoms with E-state index >= 15 is 0 Å². The molecule has 18 heavy (non-hydrogen) atoms. The molecule has 4 aliphatic carbocycles. The Balaban J connectivity index is 1.72. The van der Waals surface area contributed by atoms with Gasteiger partial charge in [-0.05, 0) is 67.1 Å². The van der Waals surface area contributed by atoms with Gasteiger partial charge in [0, 0.05) is 0 Å². The maximum atomic E-state index is 13.4. The van der Waals surface area contributed by atoms with Gasteiger partial charge in [0.05, 0.1) is 5.41 Å². The van der Waals surface area contributed by atoms with Crippen LogP contribution in [0.5, 0.6) is 0 Å². The molecule has 4 rings (SSSR count). The summed E-state index contributed by atoms with van der Waals surface area (Å²) >= 11 is 0. The summed E-state index contributed by atoms with van der Waals surface area (Å²) in [4.78, 5) is 0. The van der Waals surface area contributed by atoms with Crippen molar-refractivity contribution < 1.29 is 13.2 Å². The Hall–Kier alpha value is -0.210. The van der Waals surface area contributed by atoms with Crippen molar-refractivity contribution in [2.24, 2.45) is 46.8 Å². The molecule has 4 bridgehead atoms. The van der Waals surface area contributed by atoms with Gasteiger partial charge in [0.2, 0.25) is 0 Å². The topological polar surface area (TPSA) is 0 Å². The highest BCUT2D eigenvalue weighted by Crippen LogP contribution is 2.75. The van der Waals surface area contributed by atoms with Gasteiger partial charge >= 0.3 is 6.18 Å². The van der Waals surface area contributed by atoms with Gasteiger partial charge in [-0.1, -0.05) is 13.8 Å². The van der Waals surface area contributed by atoms with Crippen LogP contribution in [-0.4, -0.2) is 6.18 Å². The molecule has 0 aliphatic heterocycles. The zero-order valence-electron chi connectivity index (χ0n) is 11.0. The van der Waals surface area contributed by atoms with Crippen LogP contribution >= 0.6 is 0 Å². The van der Waals surface area contributed by atoms with E-state index in [0.717, 1.165) is 12.3 Å². The number of hydrogen-bond acceptors (Lipinski definition) is 0. The second kappa shape index (κ2) is 3.09. The molecule has 3 heteroatoms. The van der Waals surface area contributed by atoms with Gasteiger partial charge in [0.1, 0.15) is 0 Å². The summed E-state index contributed by atoms with van der Waals surface area (Å²) in [5.74, 6) is 3.43. The van der Waals surface area contributed by atoms with Crippen LogP contribution in [0.3, 0.4) is 0 Å². The van der Waals surface area contributed by atoms with Crippen LogP contribution in [0.25, 0.3) is 0 Å². The molecule has 8 atom stereocenters. The van der Waals surface area contributed by atoms with E-state index in [1.54, 1.807) is 0 Å². The van der Waals surface area contributed by atoms with Crippen molar-refractivity contribution >= 4 is 0 Å². The van der Waals surface area contributed by atoms with Crippen LogP contribution in [0.1, 0.15) is 39.5 Å². The average molecular weight is 258 g/mol. The molecule has 8 unspecified atom stereocenters. The van der Waals surface area contributed by atoms with Crippen molar-refractivity contribution in [1.29, 1.82) is 0 Å². The highest BCUT2D eigenvalue weighted by molar-refractivity contribution is 5.16. The highest BCUT2D eigenvalue weighted by atomic mass is 19.4. The first kappa shape index (κ1) is 11.6. The first-order valence-corrected chi connectivity index (χ1v) is 7.41. The molecular formula is C15H21F3. The quantitative estimate of drug-likeness (QED) is 0.561. The number of alkyl halides is 3.